The summed E-state index contributed by atoms with van der Waals surface area (Å²) in [6, 6.07) is 5.84. The molecule has 0 saturated carbocycles. The summed E-state index contributed by atoms with van der Waals surface area (Å²) in [6.07, 6.45) is 4.34. The Bertz CT molecular complexity index is 1070. The molecule has 1 aliphatic carbocycles. The molecule has 134 valence electrons. The number of H-pyrrole nitrogens is 1. The van der Waals surface area contributed by atoms with E-state index in [9.17, 15) is 9.59 Å². The second-order valence-electron chi connectivity index (χ2n) is 6.79. The molecule has 2 aromatic heterocycles. The van der Waals surface area contributed by atoms with Gasteiger partial charge in [0.15, 0.2) is 10.9 Å². The molecule has 3 aromatic rings. The van der Waals surface area contributed by atoms with Gasteiger partial charge in [-0.1, -0.05) is 35.5 Å². The minimum Gasteiger partial charge on any atom is -0.301 e. The van der Waals surface area contributed by atoms with Crippen molar-refractivity contribution in [1.82, 2.24) is 9.97 Å². The second-order valence-corrected chi connectivity index (χ2v) is 8.84. The van der Waals surface area contributed by atoms with Gasteiger partial charge in [-0.2, -0.15) is 0 Å². The number of nitrogens with one attached hydrogen (secondary N) is 1. The first-order valence-electron chi connectivity index (χ1n) is 8.81. The van der Waals surface area contributed by atoms with Gasteiger partial charge in [-0.3, -0.25) is 9.59 Å². The molecule has 26 heavy (non-hydrogen) atoms. The summed E-state index contributed by atoms with van der Waals surface area (Å²) in [5.74, 6) is 0.324. The minimum atomic E-state index is -0.0733. The lowest BCUT2D eigenvalue weighted by Gasteiger charge is -2.09. The molecule has 0 unspecified atom stereocenters. The van der Waals surface area contributed by atoms with E-state index in [4.69, 9.17) is 0 Å². The molecule has 0 radical (unpaired) electrons. The molecule has 4 nitrogen and oxygen atoms in total. The summed E-state index contributed by atoms with van der Waals surface area (Å²) >= 11 is 2.94. The number of hydrogen-bond acceptors (Lipinski definition) is 5. The van der Waals surface area contributed by atoms with Crippen molar-refractivity contribution in [3.63, 3.8) is 0 Å². The van der Waals surface area contributed by atoms with Crippen LogP contribution in [0.15, 0.2) is 28.2 Å². The quantitative estimate of drug-likeness (QED) is 0.410. The number of Topliss-reactive ketones (excluding diaryl/α,β-unsaturated/α-hetero) is 1. The van der Waals surface area contributed by atoms with Gasteiger partial charge in [0, 0.05) is 10.4 Å². The van der Waals surface area contributed by atoms with Gasteiger partial charge in [-0.15, -0.1) is 11.3 Å². The molecular formula is C20H20N2O2S2. The highest BCUT2D eigenvalue weighted by Crippen LogP contribution is 2.34. The molecule has 0 atom stereocenters. The summed E-state index contributed by atoms with van der Waals surface area (Å²) in [5.41, 5.74) is 3.98. The normalized spacial score (nSPS) is 13.8. The van der Waals surface area contributed by atoms with Crippen LogP contribution in [-0.4, -0.2) is 21.5 Å². The van der Waals surface area contributed by atoms with Crippen LogP contribution in [0.25, 0.3) is 10.2 Å². The Morgan fingerprint density at radius 3 is 2.88 bits per heavy atom. The van der Waals surface area contributed by atoms with E-state index in [1.807, 2.05) is 32.0 Å². The number of aromatic nitrogens is 2. The summed E-state index contributed by atoms with van der Waals surface area (Å²) in [4.78, 5) is 34.7. The van der Waals surface area contributed by atoms with Crippen LogP contribution in [-0.2, 0) is 12.8 Å². The predicted molar refractivity (Wildman–Crippen MR) is 108 cm³/mol. The van der Waals surface area contributed by atoms with Crippen molar-refractivity contribution in [2.24, 2.45) is 0 Å². The van der Waals surface area contributed by atoms with E-state index in [0.29, 0.717) is 5.16 Å². The Hall–Kier alpha value is -1.92. The van der Waals surface area contributed by atoms with Gasteiger partial charge in [-0.25, -0.2) is 4.98 Å². The van der Waals surface area contributed by atoms with Gasteiger partial charge in [0.2, 0.25) is 0 Å². The fourth-order valence-corrected chi connectivity index (χ4v) is 5.61. The smallest absolute Gasteiger partial charge is 0.260 e. The lowest BCUT2D eigenvalue weighted by Crippen LogP contribution is -2.12. The van der Waals surface area contributed by atoms with E-state index >= 15 is 0 Å². The average Bonchev–Trinajstić information content (AvgIpc) is 2.98. The number of rotatable bonds is 4. The third-order valence-electron chi connectivity index (χ3n) is 4.83. The average molecular weight is 385 g/mol. The number of nitrogens with zero attached hydrogens (tertiary/aromatic N) is 1. The highest BCUT2D eigenvalue weighted by atomic mass is 32.2. The van der Waals surface area contributed by atoms with Crippen molar-refractivity contribution in [2.45, 2.75) is 44.7 Å². The Morgan fingerprint density at radius 1 is 1.27 bits per heavy atom. The van der Waals surface area contributed by atoms with E-state index in [0.717, 1.165) is 46.2 Å². The van der Waals surface area contributed by atoms with Gasteiger partial charge in [0.25, 0.3) is 5.56 Å². The maximum atomic E-state index is 12.6. The standard InChI is InChI=1S/C20H20N2O2S2/c1-11-7-8-13(12(2)9-11)15(23)10-25-20-21-18(24)17-14-5-3-4-6-16(14)26-19(17)22-20/h7-9H,3-6,10H2,1-2H3,(H,21,22,24). The van der Waals surface area contributed by atoms with Crippen LogP contribution in [0.2, 0.25) is 0 Å². The van der Waals surface area contributed by atoms with E-state index in [1.165, 1.54) is 28.6 Å². The van der Waals surface area contributed by atoms with Gasteiger partial charge in [0.05, 0.1) is 11.1 Å². The molecule has 0 amide bonds. The molecule has 0 spiro atoms. The van der Waals surface area contributed by atoms with Gasteiger partial charge in [-0.05, 0) is 50.7 Å². The van der Waals surface area contributed by atoms with Crippen LogP contribution in [0.3, 0.4) is 0 Å². The summed E-state index contributed by atoms with van der Waals surface area (Å²) < 4.78 is 0. The fraction of sp³-hybridized carbons (Fsp3) is 0.350. The maximum absolute atomic E-state index is 12.6. The summed E-state index contributed by atoms with van der Waals surface area (Å²) in [5, 5.41) is 1.29. The van der Waals surface area contributed by atoms with Crippen molar-refractivity contribution in [3.8, 4) is 0 Å². The Morgan fingerprint density at radius 2 is 2.08 bits per heavy atom. The molecule has 1 aromatic carbocycles. The molecule has 4 rings (SSSR count). The Labute approximate surface area is 160 Å². The molecule has 0 aliphatic heterocycles. The van der Waals surface area contributed by atoms with Crippen molar-refractivity contribution < 1.29 is 4.79 Å². The van der Waals surface area contributed by atoms with Gasteiger partial charge < -0.3 is 4.98 Å². The molecule has 0 saturated heterocycles. The highest BCUT2D eigenvalue weighted by molar-refractivity contribution is 7.99. The largest absolute Gasteiger partial charge is 0.301 e. The molecule has 0 bridgehead atoms. The lowest BCUT2D eigenvalue weighted by molar-refractivity contribution is 0.102. The molecule has 0 fully saturated rings. The molecular weight excluding hydrogens is 364 g/mol. The van der Waals surface area contributed by atoms with Crippen LogP contribution in [0.4, 0.5) is 0 Å². The zero-order valence-corrected chi connectivity index (χ0v) is 16.5. The number of fused-ring (bicyclic) bond motifs is 3. The number of aromatic amines is 1. The van der Waals surface area contributed by atoms with E-state index in [1.54, 1.807) is 11.3 Å². The highest BCUT2D eigenvalue weighted by Gasteiger charge is 2.20. The fourth-order valence-electron chi connectivity index (χ4n) is 3.55. The van der Waals surface area contributed by atoms with Crippen molar-refractivity contribution in [3.05, 3.63) is 55.7 Å². The number of carbonyl (C=O) groups excluding carboxylic acids is 1. The third kappa shape index (κ3) is 3.23. The second kappa shape index (κ2) is 7.00. The molecule has 1 N–H and O–H groups in total. The van der Waals surface area contributed by atoms with E-state index < -0.39 is 0 Å². The number of thioether (sulfide) groups is 1. The first-order chi connectivity index (χ1) is 12.5. The Kier molecular flexibility index (Phi) is 4.71. The molecule has 1 aliphatic rings. The maximum Gasteiger partial charge on any atom is 0.260 e. The van der Waals surface area contributed by atoms with Gasteiger partial charge >= 0.3 is 0 Å². The first kappa shape index (κ1) is 17.5. The molecule has 6 heteroatoms. The zero-order chi connectivity index (χ0) is 18.3. The van der Waals surface area contributed by atoms with Crippen molar-refractivity contribution in [2.75, 3.05) is 5.75 Å². The van der Waals surface area contributed by atoms with Crippen LogP contribution >= 0.6 is 23.1 Å². The summed E-state index contributed by atoms with van der Waals surface area (Å²) in [7, 11) is 0. The Balaban J connectivity index is 1.58. The number of ketones is 1. The van der Waals surface area contributed by atoms with Crippen LogP contribution in [0, 0.1) is 13.8 Å². The van der Waals surface area contributed by atoms with Crippen LogP contribution in [0.5, 0.6) is 0 Å². The predicted octanol–water partition coefficient (Wildman–Crippen LogP) is 4.46. The van der Waals surface area contributed by atoms with Crippen molar-refractivity contribution >= 4 is 39.1 Å². The zero-order valence-electron chi connectivity index (χ0n) is 14.8. The minimum absolute atomic E-state index is 0.0562. The number of thiophene rings is 1. The number of aryl methyl sites for hydroxylation is 4. The molecule has 2 heterocycles. The van der Waals surface area contributed by atoms with E-state index in [-0.39, 0.29) is 17.1 Å². The number of hydrogen-bond donors (Lipinski definition) is 1. The monoisotopic (exact) mass is 384 g/mol. The first-order valence-corrected chi connectivity index (χ1v) is 10.6. The topological polar surface area (TPSA) is 62.8 Å². The number of carbonyl (C=O) groups is 1. The van der Waals surface area contributed by atoms with Crippen molar-refractivity contribution in [1.29, 1.82) is 0 Å². The van der Waals surface area contributed by atoms with Gasteiger partial charge in [0.1, 0.15) is 4.83 Å². The number of benzene rings is 1. The van der Waals surface area contributed by atoms with Crippen LogP contribution < -0.4 is 5.56 Å². The SMILES string of the molecule is Cc1ccc(C(=O)CSc2nc3sc4c(c3c(=O)[nH]2)CCCC4)c(C)c1. The summed E-state index contributed by atoms with van der Waals surface area (Å²) in [6.45, 7) is 3.97. The van der Waals surface area contributed by atoms with Crippen LogP contribution in [0.1, 0.15) is 44.8 Å². The third-order valence-corrected chi connectivity index (χ3v) is 6.88. The van der Waals surface area contributed by atoms with E-state index in [2.05, 4.69) is 9.97 Å². The lowest BCUT2D eigenvalue weighted by atomic mass is 9.97.